The average molecular weight is 170 g/mol. The number of carbonyl (C=O) groups excluding carboxylic acids is 1. The van der Waals surface area contributed by atoms with Crippen molar-refractivity contribution in [2.75, 3.05) is 13.2 Å². The molecule has 0 aliphatic carbocycles. The summed E-state index contributed by atoms with van der Waals surface area (Å²) in [6.45, 7) is 8.54. The van der Waals surface area contributed by atoms with Crippen molar-refractivity contribution < 1.29 is 14.3 Å². The van der Waals surface area contributed by atoms with Crippen LogP contribution in [0.1, 0.15) is 13.8 Å². The molecule has 1 aliphatic rings. The van der Waals surface area contributed by atoms with E-state index >= 15 is 0 Å². The standard InChI is InChI=1S/C9H14O3/c1-6(2)7(3)9(10)12-5-8-4-11-8/h6,8H,3-5H2,1-2H3. The molecule has 12 heavy (non-hydrogen) atoms. The third-order valence-corrected chi connectivity index (χ3v) is 1.76. The molecule has 1 atom stereocenters. The molecule has 1 unspecified atom stereocenters. The van der Waals surface area contributed by atoms with Gasteiger partial charge in [-0.3, -0.25) is 0 Å². The molecule has 0 saturated carbocycles. The Bertz CT molecular complexity index is 192. The maximum Gasteiger partial charge on any atom is 0.333 e. The first-order valence-electron chi connectivity index (χ1n) is 4.08. The van der Waals surface area contributed by atoms with Crippen LogP contribution in [-0.2, 0) is 14.3 Å². The summed E-state index contributed by atoms with van der Waals surface area (Å²) in [5.41, 5.74) is 0.524. The predicted molar refractivity (Wildman–Crippen MR) is 44.7 cm³/mol. The van der Waals surface area contributed by atoms with E-state index in [2.05, 4.69) is 6.58 Å². The van der Waals surface area contributed by atoms with Gasteiger partial charge in [0.25, 0.3) is 0 Å². The lowest BCUT2D eigenvalue weighted by Crippen LogP contribution is -2.14. The van der Waals surface area contributed by atoms with Crippen molar-refractivity contribution in [3.8, 4) is 0 Å². The first-order chi connectivity index (χ1) is 5.61. The number of epoxide rings is 1. The van der Waals surface area contributed by atoms with E-state index < -0.39 is 0 Å². The molecule has 0 spiro atoms. The first kappa shape index (κ1) is 9.26. The van der Waals surface area contributed by atoms with Crippen LogP contribution in [0.2, 0.25) is 0 Å². The highest BCUT2D eigenvalue weighted by Gasteiger charge is 2.25. The van der Waals surface area contributed by atoms with Crippen LogP contribution in [0.5, 0.6) is 0 Å². The summed E-state index contributed by atoms with van der Waals surface area (Å²) < 4.78 is 9.82. The van der Waals surface area contributed by atoms with E-state index in [4.69, 9.17) is 9.47 Å². The fraction of sp³-hybridized carbons (Fsp3) is 0.667. The largest absolute Gasteiger partial charge is 0.459 e. The van der Waals surface area contributed by atoms with Gasteiger partial charge in [0.2, 0.25) is 0 Å². The maximum absolute atomic E-state index is 11.1. The molecule has 68 valence electrons. The summed E-state index contributed by atoms with van der Waals surface area (Å²) in [6, 6.07) is 0. The van der Waals surface area contributed by atoms with E-state index in [-0.39, 0.29) is 18.0 Å². The van der Waals surface area contributed by atoms with Gasteiger partial charge in [0.15, 0.2) is 0 Å². The van der Waals surface area contributed by atoms with Gasteiger partial charge in [-0.2, -0.15) is 0 Å². The third kappa shape index (κ3) is 2.66. The molecule has 1 aliphatic heterocycles. The molecule has 1 rings (SSSR count). The van der Waals surface area contributed by atoms with Crippen molar-refractivity contribution in [2.24, 2.45) is 5.92 Å². The summed E-state index contributed by atoms with van der Waals surface area (Å²) in [5, 5.41) is 0. The van der Waals surface area contributed by atoms with Crippen molar-refractivity contribution in [2.45, 2.75) is 20.0 Å². The smallest absolute Gasteiger partial charge is 0.333 e. The molecule has 3 heteroatoms. The SMILES string of the molecule is C=C(C(=O)OCC1CO1)C(C)C. The van der Waals surface area contributed by atoms with Crippen molar-refractivity contribution >= 4 is 5.97 Å². The second-order valence-electron chi connectivity index (χ2n) is 3.23. The molecule has 0 bridgehead atoms. The molecule has 0 radical (unpaired) electrons. The number of esters is 1. The summed E-state index contributed by atoms with van der Waals surface area (Å²) in [5.74, 6) is -0.155. The van der Waals surface area contributed by atoms with E-state index in [0.29, 0.717) is 18.8 Å². The van der Waals surface area contributed by atoms with Gasteiger partial charge in [-0.05, 0) is 5.92 Å². The zero-order chi connectivity index (χ0) is 9.14. The normalized spacial score (nSPS) is 20.8. The molecule has 1 saturated heterocycles. The van der Waals surface area contributed by atoms with Crippen LogP contribution in [-0.4, -0.2) is 25.3 Å². The fourth-order valence-corrected chi connectivity index (χ4v) is 0.661. The Morgan fingerprint density at radius 2 is 2.33 bits per heavy atom. The van der Waals surface area contributed by atoms with E-state index in [1.165, 1.54) is 0 Å². The molecule has 0 amide bonds. The zero-order valence-electron chi connectivity index (χ0n) is 7.50. The number of carbonyl (C=O) groups is 1. The van der Waals surface area contributed by atoms with Crippen LogP contribution in [0.4, 0.5) is 0 Å². The molecule has 0 N–H and O–H groups in total. The molecular formula is C9H14O3. The second-order valence-corrected chi connectivity index (χ2v) is 3.23. The second kappa shape index (κ2) is 3.72. The molecular weight excluding hydrogens is 156 g/mol. The van der Waals surface area contributed by atoms with Crippen molar-refractivity contribution in [3.63, 3.8) is 0 Å². The molecule has 0 aromatic rings. The Morgan fingerprint density at radius 1 is 1.75 bits per heavy atom. The minimum Gasteiger partial charge on any atom is -0.459 e. The van der Waals surface area contributed by atoms with Crippen LogP contribution >= 0.6 is 0 Å². The van der Waals surface area contributed by atoms with E-state index in [0.717, 1.165) is 0 Å². The van der Waals surface area contributed by atoms with Gasteiger partial charge in [-0.1, -0.05) is 20.4 Å². The lowest BCUT2D eigenvalue weighted by Gasteiger charge is -2.07. The quantitative estimate of drug-likeness (QED) is 0.361. The van der Waals surface area contributed by atoms with Gasteiger partial charge < -0.3 is 9.47 Å². The monoisotopic (exact) mass is 170 g/mol. The van der Waals surface area contributed by atoms with Gasteiger partial charge >= 0.3 is 5.97 Å². The molecule has 3 nitrogen and oxygen atoms in total. The van der Waals surface area contributed by atoms with Crippen LogP contribution in [0.3, 0.4) is 0 Å². The fourth-order valence-electron chi connectivity index (χ4n) is 0.661. The van der Waals surface area contributed by atoms with E-state index in [1.807, 2.05) is 13.8 Å². The predicted octanol–water partition coefficient (Wildman–Crippen LogP) is 1.14. The minimum atomic E-state index is -0.305. The summed E-state index contributed by atoms with van der Waals surface area (Å²) in [6.07, 6.45) is 0.133. The molecule has 1 heterocycles. The number of hydrogen-bond acceptors (Lipinski definition) is 3. The molecule has 1 fully saturated rings. The van der Waals surface area contributed by atoms with E-state index in [9.17, 15) is 4.79 Å². The number of rotatable bonds is 4. The van der Waals surface area contributed by atoms with Crippen molar-refractivity contribution in [3.05, 3.63) is 12.2 Å². The van der Waals surface area contributed by atoms with E-state index in [1.54, 1.807) is 0 Å². The number of hydrogen-bond donors (Lipinski definition) is 0. The Hall–Kier alpha value is -0.830. The highest BCUT2D eigenvalue weighted by molar-refractivity contribution is 5.88. The Labute approximate surface area is 72.4 Å². The summed E-state index contributed by atoms with van der Waals surface area (Å²) in [4.78, 5) is 11.1. The lowest BCUT2D eigenvalue weighted by molar-refractivity contribution is -0.140. The van der Waals surface area contributed by atoms with Gasteiger partial charge in [0.1, 0.15) is 12.7 Å². The van der Waals surface area contributed by atoms with Crippen LogP contribution in [0.15, 0.2) is 12.2 Å². The van der Waals surface area contributed by atoms with Gasteiger partial charge in [-0.15, -0.1) is 0 Å². The van der Waals surface area contributed by atoms with Crippen molar-refractivity contribution in [1.82, 2.24) is 0 Å². The Balaban J connectivity index is 2.21. The van der Waals surface area contributed by atoms with Crippen LogP contribution < -0.4 is 0 Å². The first-order valence-corrected chi connectivity index (χ1v) is 4.08. The Morgan fingerprint density at radius 3 is 2.75 bits per heavy atom. The summed E-state index contributed by atoms with van der Waals surface area (Å²) >= 11 is 0. The average Bonchev–Trinajstić information content (AvgIpc) is 2.81. The third-order valence-electron chi connectivity index (χ3n) is 1.76. The Kier molecular flexibility index (Phi) is 2.87. The van der Waals surface area contributed by atoms with Gasteiger partial charge in [0, 0.05) is 5.57 Å². The highest BCUT2D eigenvalue weighted by Crippen LogP contribution is 2.12. The topological polar surface area (TPSA) is 38.8 Å². The molecule has 0 aromatic carbocycles. The number of ether oxygens (including phenoxy) is 2. The van der Waals surface area contributed by atoms with Crippen LogP contribution in [0, 0.1) is 5.92 Å². The van der Waals surface area contributed by atoms with Crippen molar-refractivity contribution in [1.29, 1.82) is 0 Å². The highest BCUT2D eigenvalue weighted by atomic mass is 16.6. The maximum atomic E-state index is 11.1. The molecule has 0 aromatic heterocycles. The lowest BCUT2D eigenvalue weighted by atomic mass is 10.1. The minimum absolute atomic E-state index is 0.133. The van der Waals surface area contributed by atoms with Crippen LogP contribution in [0.25, 0.3) is 0 Å². The van der Waals surface area contributed by atoms with Gasteiger partial charge in [-0.25, -0.2) is 4.79 Å². The van der Waals surface area contributed by atoms with Gasteiger partial charge in [0.05, 0.1) is 6.61 Å². The zero-order valence-corrected chi connectivity index (χ0v) is 7.50. The summed E-state index contributed by atoms with van der Waals surface area (Å²) in [7, 11) is 0.